The van der Waals surface area contributed by atoms with Crippen LogP contribution in [0.5, 0.6) is 5.75 Å². The quantitative estimate of drug-likeness (QED) is 0.841. The van der Waals surface area contributed by atoms with Gasteiger partial charge in [0.1, 0.15) is 5.75 Å². The molecule has 1 heterocycles. The molecule has 1 aromatic carbocycles. The van der Waals surface area contributed by atoms with Gasteiger partial charge in [-0.2, -0.15) is 0 Å². The van der Waals surface area contributed by atoms with Crippen molar-refractivity contribution in [3.05, 3.63) is 29.8 Å². The van der Waals surface area contributed by atoms with E-state index >= 15 is 0 Å². The highest BCUT2D eigenvalue weighted by Crippen LogP contribution is 2.58. The number of benzene rings is 1. The van der Waals surface area contributed by atoms with Crippen molar-refractivity contribution in [1.29, 1.82) is 0 Å². The molecule has 1 N–H and O–H groups in total. The minimum atomic E-state index is -0.779. The Hall–Kier alpha value is -2.04. The molecule has 5 atom stereocenters. The SMILES string of the molecule is COc1cccc(CC2(C(=O)N3CC(C)CC(C(=O)O)C3)CC3CCC2C3)c1. The molecule has 5 nitrogen and oxygen atoms in total. The number of aliphatic carboxylic acids is 1. The molecular weight excluding hydrogens is 354 g/mol. The zero-order valence-corrected chi connectivity index (χ0v) is 16.9. The smallest absolute Gasteiger partial charge is 0.308 e. The highest BCUT2D eigenvalue weighted by Gasteiger charge is 2.56. The van der Waals surface area contributed by atoms with E-state index in [2.05, 4.69) is 13.0 Å². The van der Waals surface area contributed by atoms with Crippen LogP contribution < -0.4 is 4.74 Å². The maximum absolute atomic E-state index is 13.9. The fraction of sp³-hybridized carbons (Fsp3) is 0.652. The van der Waals surface area contributed by atoms with Gasteiger partial charge in [-0.3, -0.25) is 9.59 Å². The van der Waals surface area contributed by atoms with Crippen molar-refractivity contribution in [2.24, 2.45) is 29.1 Å². The van der Waals surface area contributed by atoms with Gasteiger partial charge in [-0.1, -0.05) is 25.5 Å². The summed E-state index contributed by atoms with van der Waals surface area (Å²) >= 11 is 0. The lowest BCUT2D eigenvalue weighted by Crippen LogP contribution is -2.53. The number of amides is 1. The average Bonchev–Trinajstić information content (AvgIpc) is 3.28. The summed E-state index contributed by atoms with van der Waals surface area (Å²) in [7, 11) is 1.67. The molecule has 1 aliphatic heterocycles. The average molecular weight is 386 g/mol. The van der Waals surface area contributed by atoms with Crippen LogP contribution in [-0.2, 0) is 16.0 Å². The number of hydrogen-bond donors (Lipinski definition) is 1. The number of rotatable bonds is 5. The van der Waals surface area contributed by atoms with E-state index in [1.54, 1.807) is 7.11 Å². The highest BCUT2D eigenvalue weighted by atomic mass is 16.5. The maximum atomic E-state index is 13.9. The molecule has 2 aliphatic carbocycles. The third-order valence-electron chi connectivity index (χ3n) is 7.35. The number of carbonyl (C=O) groups excluding carboxylic acids is 1. The van der Waals surface area contributed by atoms with E-state index in [1.165, 1.54) is 6.42 Å². The summed E-state index contributed by atoms with van der Waals surface area (Å²) in [5.41, 5.74) is 0.759. The Morgan fingerprint density at radius 2 is 2.07 bits per heavy atom. The molecule has 28 heavy (non-hydrogen) atoms. The van der Waals surface area contributed by atoms with E-state index in [0.29, 0.717) is 31.3 Å². The normalized spacial score (nSPS) is 34.4. The van der Waals surface area contributed by atoms with Gasteiger partial charge in [0.05, 0.1) is 18.4 Å². The summed E-state index contributed by atoms with van der Waals surface area (Å²) in [6, 6.07) is 8.05. The van der Waals surface area contributed by atoms with Crippen LogP contribution in [0, 0.1) is 29.1 Å². The number of carbonyl (C=O) groups is 2. The minimum Gasteiger partial charge on any atom is -0.497 e. The zero-order chi connectivity index (χ0) is 19.9. The van der Waals surface area contributed by atoms with Crippen molar-refractivity contribution in [2.75, 3.05) is 20.2 Å². The lowest BCUT2D eigenvalue weighted by molar-refractivity contribution is -0.153. The second-order valence-electron chi connectivity index (χ2n) is 9.35. The van der Waals surface area contributed by atoms with Gasteiger partial charge >= 0.3 is 5.97 Å². The molecule has 3 fully saturated rings. The van der Waals surface area contributed by atoms with Gasteiger partial charge in [-0.25, -0.2) is 0 Å². The number of carboxylic acids is 1. The third kappa shape index (κ3) is 3.40. The van der Waals surface area contributed by atoms with Gasteiger partial charge in [-0.05, 0) is 67.6 Å². The summed E-state index contributed by atoms with van der Waals surface area (Å²) in [4.78, 5) is 27.4. The number of hydrogen-bond acceptors (Lipinski definition) is 3. The monoisotopic (exact) mass is 385 g/mol. The Kier molecular flexibility index (Phi) is 5.11. The van der Waals surface area contributed by atoms with E-state index in [9.17, 15) is 14.7 Å². The Morgan fingerprint density at radius 3 is 2.71 bits per heavy atom. The van der Waals surface area contributed by atoms with E-state index in [-0.39, 0.29) is 17.2 Å². The largest absolute Gasteiger partial charge is 0.497 e. The zero-order valence-electron chi connectivity index (χ0n) is 16.9. The van der Waals surface area contributed by atoms with Crippen LogP contribution >= 0.6 is 0 Å². The van der Waals surface area contributed by atoms with Crippen LogP contribution in [0.1, 0.15) is 44.6 Å². The number of piperidine rings is 1. The Bertz CT molecular complexity index is 763. The highest BCUT2D eigenvalue weighted by molar-refractivity contribution is 5.85. The molecule has 2 bridgehead atoms. The molecule has 1 saturated heterocycles. The van der Waals surface area contributed by atoms with E-state index < -0.39 is 11.9 Å². The van der Waals surface area contributed by atoms with E-state index in [4.69, 9.17) is 4.74 Å². The molecule has 0 aromatic heterocycles. The number of ether oxygens (including phenoxy) is 1. The van der Waals surface area contributed by atoms with Crippen molar-refractivity contribution in [3.8, 4) is 5.75 Å². The summed E-state index contributed by atoms with van der Waals surface area (Å²) in [5.74, 6) is 1.07. The van der Waals surface area contributed by atoms with Crippen molar-refractivity contribution >= 4 is 11.9 Å². The number of methoxy groups -OCH3 is 1. The van der Waals surface area contributed by atoms with Crippen LogP contribution in [0.15, 0.2) is 24.3 Å². The first kappa shape index (κ1) is 19.3. The van der Waals surface area contributed by atoms with Gasteiger partial charge in [0.25, 0.3) is 0 Å². The fourth-order valence-corrected chi connectivity index (χ4v) is 6.16. The van der Waals surface area contributed by atoms with Crippen LogP contribution in [0.2, 0.25) is 0 Å². The number of nitrogens with zero attached hydrogens (tertiary/aromatic N) is 1. The lowest BCUT2D eigenvalue weighted by Gasteiger charge is -2.44. The first-order chi connectivity index (χ1) is 13.4. The standard InChI is InChI=1S/C23H31NO4/c1-15-8-18(21(25)26)14-24(13-15)22(27)23(12-17-6-7-19(23)9-17)11-16-4-3-5-20(10-16)28-2/h3-5,10,15,17-19H,6-9,11-14H2,1-2H3,(H,25,26). The van der Waals surface area contributed by atoms with E-state index in [0.717, 1.165) is 37.0 Å². The van der Waals surface area contributed by atoms with Crippen molar-refractivity contribution in [2.45, 2.75) is 45.4 Å². The van der Waals surface area contributed by atoms with Gasteiger partial charge in [-0.15, -0.1) is 0 Å². The van der Waals surface area contributed by atoms with Crippen LogP contribution in [-0.4, -0.2) is 42.1 Å². The molecule has 0 radical (unpaired) electrons. The summed E-state index contributed by atoms with van der Waals surface area (Å²) in [5, 5.41) is 9.53. The summed E-state index contributed by atoms with van der Waals surface area (Å²) in [6.07, 6.45) is 5.82. The maximum Gasteiger partial charge on any atom is 0.308 e. The molecule has 5 heteroatoms. The summed E-state index contributed by atoms with van der Waals surface area (Å²) < 4.78 is 5.38. The molecule has 0 spiro atoms. The predicted octanol–water partition coefficient (Wildman–Crippen LogP) is 3.61. The van der Waals surface area contributed by atoms with Gasteiger partial charge in [0.2, 0.25) is 5.91 Å². The Balaban J connectivity index is 1.63. The van der Waals surface area contributed by atoms with Crippen LogP contribution in [0.4, 0.5) is 0 Å². The molecule has 5 unspecified atom stereocenters. The molecule has 152 valence electrons. The molecule has 1 amide bonds. The van der Waals surface area contributed by atoms with Crippen LogP contribution in [0.3, 0.4) is 0 Å². The molecule has 2 saturated carbocycles. The number of fused-ring (bicyclic) bond motifs is 2. The summed E-state index contributed by atoms with van der Waals surface area (Å²) in [6.45, 7) is 3.10. The fourth-order valence-electron chi connectivity index (χ4n) is 6.16. The van der Waals surface area contributed by atoms with Gasteiger partial charge in [0.15, 0.2) is 0 Å². The molecule has 1 aromatic rings. The molecular formula is C23H31NO4. The first-order valence-electron chi connectivity index (χ1n) is 10.6. The van der Waals surface area contributed by atoms with E-state index in [1.807, 2.05) is 23.1 Å². The molecule has 4 rings (SSSR count). The van der Waals surface area contributed by atoms with Gasteiger partial charge in [0, 0.05) is 13.1 Å². The number of likely N-dealkylation sites (tertiary alicyclic amines) is 1. The van der Waals surface area contributed by atoms with Gasteiger partial charge < -0.3 is 14.7 Å². The van der Waals surface area contributed by atoms with Crippen molar-refractivity contribution in [3.63, 3.8) is 0 Å². The predicted molar refractivity (Wildman–Crippen MR) is 106 cm³/mol. The Labute approximate surface area is 167 Å². The van der Waals surface area contributed by atoms with Crippen molar-refractivity contribution in [1.82, 2.24) is 4.90 Å². The lowest BCUT2D eigenvalue weighted by atomic mass is 9.68. The second-order valence-corrected chi connectivity index (χ2v) is 9.35. The second kappa shape index (κ2) is 7.41. The van der Waals surface area contributed by atoms with Crippen molar-refractivity contribution < 1.29 is 19.4 Å². The topological polar surface area (TPSA) is 66.8 Å². The van der Waals surface area contributed by atoms with Crippen LogP contribution in [0.25, 0.3) is 0 Å². The number of carboxylic acid groups (broad SMARTS) is 1. The third-order valence-corrected chi connectivity index (χ3v) is 7.35. The molecule has 3 aliphatic rings. The minimum absolute atomic E-state index is 0.195. The Morgan fingerprint density at radius 1 is 1.25 bits per heavy atom. The first-order valence-corrected chi connectivity index (χ1v) is 10.6.